The second kappa shape index (κ2) is 6.17. The molecule has 90 valence electrons. The molecule has 0 unspecified atom stereocenters. The molecule has 0 heterocycles. The molecule has 1 nitrogen and oxygen atoms in total. The third kappa shape index (κ3) is 4.65. The topological polar surface area (TPSA) is 14.1 Å². The molecule has 5 heteroatoms. The van der Waals surface area contributed by atoms with Gasteiger partial charge in [0.1, 0.15) is 0 Å². The Balaban J connectivity index is 0.00000256. The van der Waals surface area contributed by atoms with Gasteiger partial charge in [-0.3, -0.25) is 0 Å². The van der Waals surface area contributed by atoms with Crippen LogP contribution in [0.25, 0.3) is 4.98 Å². The van der Waals surface area contributed by atoms with E-state index in [2.05, 4.69) is 49.8 Å². The number of nitrogens with zero attached hydrogens (tertiary/aromatic N) is 1. The fourth-order valence-electron chi connectivity index (χ4n) is 1.04. The maximum atomic E-state index is 6.18. The van der Waals surface area contributed by atoms with Crippen molar-refractivity contribution in [3.63, 3.8) is 0 Å². The van der Waals surface area contributed by atoms with Crippen LogP contribution in [0.3, 0.4) is 0 Å². The van der Waals surface area contributed by atoms with Crippen LogP contribution in [-0.4, -0.2) is 8.24 Å². The van der Waals surface area contributed by atoms with Crippen molar-refractivity contribution in [3.8, 4) is 0 Å². The van der Waals surface area contributed by atoms with Gasteiger partial charge in [-0.05, 0) is 20.4 Å². The normalized spacial score (nSPS) is 11.9. The Morgan fingerprint density at radius 1 is 1.24 bits per heavy atom. The van der Waals surface area contributed by atoms with E-state index >= 15 is 0 Å². The summed E-state index contributed by atoms with van der Waals surface area (Å²) in [6.45, 7) is 11.3. The van der Waals surface area contributed by atoms with Gasteiger partial charge in [0.15, 0.2) is 0 Å². The molecule has 1 rings (SSSR count). The smallest absolute Gasteiger partial charge is 0.685 e. The first-order chi connectivity index (χ1) is 7.13. The summed E-state index contributed by atoms with van der Waals surface area (Å²) in [6, 6.07) is 5.86. The monoisotopic (exact) mass is 325 g/mol. The molecule has 0 aliphatic rings. The molecule has 0 bridgehead atoms. The van der Waals surface area contributed by atoms with E-state index in [0.29, 0.717) is 0 Å². The molecule has 0 atom stereocenters. The quantitative estimate of drug-likeness (QED) is 0.742. The first-order valence-corrected chi connectivity index (χ1v) is 9.43. The van der Waals surface area contributed by atoms with Crippen LogP contribution >= 0.6 is 27.5 Å². The average Bonchev–Trinajstić information content (AvgIpc) is 2.08. The Labute approximate surface area is 131 Å². The number of rotatable bonds is 2. The van der Waals surface area contributed by atoms with Crippen molar-refractivity contribution in [1.29, 1.82) is 0 Å². The van der Waals surface area contributed by atoms with Crippen LogP contribution in [0, 0.1) is 0 Å². The SMILES string of the molecule is CC(C)(C)[Si](C)(C)[N-]c1ccc(Br)cc1Cl.[Li+]. The zero-order valence-electron chi connectivity index (χ0n) is 11.4. The van der Waals surface area contributed by atoms with Crippen LogP contribution in [0.15, 0.2) is 22.7 Å². The predicted molar refractivity (Wildman–Crippen MR) is 79.4 cm³/mol. The molecule has 0 aromatic heterocycles. The molecule has 0 aliphatic heterocycles. The Hall–Kier alpha value is 0.604. The van der Waals surface area contributed by atoms with Crippen LogP contribution in [0.4, 0.5) is 5.69 Å². The van der Waals surface area contributed by atoms with Crippen molar-refractivity contribution in [3.05, 3.63) is 32.7 Å². The van der Waals surface area contributed by atoms with Crippen LogP contribution in [0.1, 0.15) is 20.8 Å². The molecule has 0 fully saturated rings. The summed E-state index contributed by atoms with van der Waals surface area (Å²) in [4.78, 5) is 4.89. The molecule has 0 spiro atoms. The Kier molecular flexibility index (Phi) is 6.39. The van der Waals surface area contributed by atoms with Crippen LogP contribution < -0.4 is 18.9 Å². The maximum absolute atomic E-state index is 6.18. The van der Waals surface area contributed by atoms with Crippen molar-refractivity contribution in [2.45, 2.75) is 38.9 Å². The third-order valence-electron chi connectivity index (χ3n) is 3.15. The van der Waals surface area contributed by atoms with Gasteiger partial charge >= 0.3 is 18.9 Å². The summed E-state index contributed by atoms with van der Waals surface area (Å²) in [5, 5.41) is 0.961. The van der Waals surface area contributed by atoms with E-state index in [4.69, 9.17) is 16.6 Å². The van der Waals surface area contributed by atoms with E-state index in [1.807, 2.05) is 18.2 Å². The second-order valence-corrected chi connectivity index (χ2v) is 11.7. The molecule has 0 aliphatic carbocycles. The second-order valence-electron chi connectivity index (χ2n) is 5.52. The van der Waals surface area contributed by atoms with E-state index < -0.39 is 8.24 Å². The molecular weight excluding hydrogens is 309 g/mol. The summed E-state index contributed by atoms with van der Waals surface area (Å²) in [6.07, 6.45) is 0. The minimum atomic E-state index is -1.67. The number of halogens is 2. The minimum Gasteiger partial charge on any atom is -0.685 e. The van der Waals surface area contributed by atoms with Gasteiger partial charge in [-0.1, -0.05) is 72.5 Å². The van der Waals surface area contributed by atoms with Gasteiger partial charge in [-0.25, -0.2) is 0 Å². The summed E-state index contributed by atoms with van der Waals surface area (Å²) < 4.78 is 0.992. The standard InChI is InChI=1S/C12H18BrClNSi.Li/c1-12(2,3)16(4,5)15-11-7-6-9(13)8-10(11)14;/h6-8H,1-5H3;/q-1;+1. The van der Waals surface area contributed by atoms with E-state index in [0.717, 1.165) is 15.2 Å². The van der Waals surface area contributed by atoms with Crippen molar-refractivity contribution in [2.75, 3.05) is 0 Å². The average molecular weight is 327 g/mol. The van der Waals surface area contributed by atoms with E-state index in [9.17, 15) is 0 Å². The Morgan fingerprint density at radius 3 is 2.18 bits per heavy atom. The molecule has 0 amide bonds. The number of hydrogen-bond donors (Lipinski definition) is 0. The molecule has 1 aromatic carbocycles. The van der Waals surface area contributed by atoms with Gasteiger partial charge in [0.25, 0.3) is 0 Å². The largest absolute Gasteiger partial charge is 1.00 e. The zero-order valence-corrected chi connectivity index (χ0v) is 14.8. The zero-order chi connectivity index (χ0) is 12.6. The minimum absolute atomic E-state index is 0. The van der Waals surface area contributed by atoms with E-state index in [1.54, 1.807) is 0 Å². The van der Waals surface area contributed by atoms with Crippen molar-refractivity contribution in [1.82, 2.24) is 0 Å². The van der Waals surface area contributed by atoms with Crippen molar-refractivity contribution < 1.29 is 18.9 Å². The van der Waals surface area contributed by atoms with E-state index in [1.165, 1.54) is 0 Å². The first kappa shape index (κ1) is 17.6. The summed E-state index contributed by atoms with van der Waals surface area (Å²) in [5.41, 5.74) is 0.913. The van der Waals surface area contributed by atoms with Crippen molar-refractivity contribution >= 4 is 41.5 Å². The van der Waals surface area contributed by atoms with E-state index in [-0.39, 0.29) is 23.9 Å². The number of benzene rings is 1. The van der Waals surface area contributed by atoms with Crippen LogP contribution in [-0.2, 0) is 0 Å². The predicted octanol–water partition coefficient (Wildman–Crippen LogP) is 3.12. The van der Waals surface area contributed by atoms with Gasteiger partial charge in [0.2, 0.25) is 0 Å². The van der Waals surface area contributed by atoms with Gasteiger partial charge in [-0.2, -0.15) is 0 Å². The molecule has 0 saturated heterocycles. The molecule has 17 heavy (non-hydrogen) atoms. The van der Waals surface area contributed by atoms with Gasteiger partial charge < -0.3 is 4.98 Å². The maximum Gasteiger partial charge on any atom is 1.00 e. The van der Waals surface area contributed by atoms with Crippen LogP contribution in [0.2, 0.25) is 23.2 Å². The molecule has 0 N–H and O–H groups in total. The summed E-state index contributed by atoms with van der Waals surface area (Å²) in [5.74, 6) is 0. The van der Waals surface area contributed by atoms with Crippen LogP contribution in [0.5, 0.6) is 0 Å². The molecule has 0 saturated carbocycles. The van der Waals surface area contributed by atoms with Crippen molar-refractivity contribution in [2.24, 2.45) is 0 Å². The molecule has 0 radical (unpaired) electrons. The first-order valence-electron chi connectivity index (χ1n) is 5.31. The fourth-order valence-corrected chi connectivity index (χ4v) is 2.96. The summed E-state index contributed by atoms with van der Waals surface area (Å²) >= 11 is 9.58. The van der Waals surface area contributed by atoms with Gasteiger partial charge in [0.05, 0.1) is 0 Å². The van der Waals surface area contributed by atoms with Gasteiger partial charge in [0, 0.05) is 9.50 Å². The fraction of sp³-hybridized carbons (Fsp3) is 0.500. The third-order valence-corrected chi connectivity index (χ3v) is 8.41. The molecular formula is C12H18BrClLiNSi. The Bertz CT molecular complexity index is 391. The summed E-state index contributed by atoms with van der Waals surface area (Å²) in [7, 11) is -1.67. The van der Waals surface area contributed by atoms with Gasteiger partial charge in [-0.15, -0.1) is 5.69 Å². The Morgan fingerprint density at radius 2 is 1.76 bits per heavy atom. The number of hydrogen-bond acceptors (Lipinski definition) is 0. The molecule has 1 aromatic rings.